The van der Waals surface area contributed by atoms with E-state index in [2.05, 4.69) is 0 Å². The lowest BCUT2D eigenvalue weighted by Gasteiger charge is -2.21. The van der Waals surface area contributed by atoms with Crippen molar-refractivity contribution in [2.45, 2.75) is 25.8 Å². The molecular weight excluding hydrogens is 246 g/mol. The van der Waals surface area contributed by atoms with Crippen molar-refractivity contribution in [3.8, 4) is 11.5 Å². The van der Waals surface area contributed by atoms with E-state index in [1.807, 2.05) is 0 Å². The lowest BCUT2D eigenvalue weighted by atomic mass is 10.2. The van der Waals surface area contributed by atoms with Crippen LogP contribution in [-0.2, 0) is 9.59 Å². The number of methoxy groups -OCH3 is 1. The zero-order valence-corrected chi connectivity index (χ0v) is 11.1. The van der Waals surface area contributed by atoms with Gasteiger partial charge in [0.25, 0.3) is 0 Å². The van der Waals surface area contributed by atoms with E-state index in [-0.39, 0.29) is 11.9 Å². The van der Waals surface area contributed by atoms with Crippen molar-refractivity contribution in [3.63, 3.8) is 0 Å². The predicted octanol–water partition coefficient (Wildman–Crippen LogP) is 1.61. The molecule has 1 amide bonds. The summed E-state index contributed by atoms with van der Waals surface area (Å²) >= 11 is 0. The molecule has 1 aliphatic heterocycles. The molecule has 0 aromatic heterocycles. The van der Waals surface area contributed by atoms with Crippen LogP contribution in [0.4, 0.5) is 0 Å². The van der Waals surface area contributed by atoms with Crippen LogP contribution in [0.15, 0.2) is 24.3 Å². The standard InChI is InChI=1S/C14H17NO4/c1-10(16)15-9-3-4-13(15)14(17)19-12-7-5-11(18-2)6-8-12/h5-8,13H,3-4,9H2,1-2H3/t13-/m0/s1. The maximum atomic E-state index is 12.0. The number of likely N-dealkylation sites (tertiary alicyclic amines) is 1. The fourth-order valence-corrected chi connectivity index (χ4v) is 2.22. The SMILES string of the molecule is COc1ccc(OC(=O)[C@@H]2CCCN2C(C)=O)cc1. The number of hydrogen-bond acceptors (Lipinski definition) is 4. The monoisotopic (exact) mass is 263 g/mol. The summed E-state index contributed by atoms with van der Waals surface area (Å²) in [4.78, 5) is 25.0. The van der Waals surface area contributed by atoms with Crippen LogP contribution >= 0.6 is 0 Å². The average molecular weight is 263 g/mol. The van der Waals surface area contributed by atoms with Crippen molar-refractivity contribution in [1.29, 1.82) is 0 Å². The van der Waals surface area contributed by atoms with E-state index in [9.17, 15) is 9.59 Å². The fraction of sp³-hybridized carbons (Fsp3) is 0.429. The van der Waals surface area contributed by atoms with Gasteiger partial charge in [-0.05, 0) is 37.1 Å². The Labute approximate surface area is 112 Å². The maximum Gasteiger partial charge on any atom is 0.334 e. The molecular formula is C14H17NO4. The smallest absolute Gasteiger partial charge is 0.334 e. The van der Waals surface area contributed by atoms with E-state index in [0.717, 1.165) is 6.42 Å². The normalized spacial score (nSPS) is 18.2. The third-order valence-corrected chi connectivity index (χ3v) is 3.21. The van der Waals surface area contributed by atoms with Gasteiger partial charge in [-0.15, -0.1) is 0 Å². The quantitative estimate of drug-likeness (QED) is 0.614. The number of ether oxygens (including phenoxy) is 2. The van der Waals surface area contributed by atoms with Gasteiger partial charge in [0.15, 0.2) is 0 Å². The van der Waals surface area contributed by atoms with Crippen molar-refractivity contribution in [2.24, 2.45) is 0 Å². The molecule has 1 aliphatic rings. The van der Waals surface area contributed by atoms with Gasteiger partial charge in [-0.1, -0.05) is 0 Å². The summed E-state index contributed by atoms with van der Waals surface area (Å²) in [6.45, 7) is 2.09. The molecule has 0 N–H and O–H groups in total. The highest BCUT2D eigenvalue weighted by atomic mass is 16.5. The van der Waals surface area contributed by atoms with Crippen molar-refractivity contribution in [1.82, 2.24) is 4.90 Å². The van der Waals surface area contributed by atoms with E-state index in [1.54, 1.807) is 36.3 Å². The first kappa shape index (κ1) is 13.4. The molecule has 5 heteroatoms. The molecule has 0 unspecified atom stereocenters. The highest BCUT2D eigenvalue weighted by molar-refractivity contribution is 5.85. The van der Waals surface area contributed by atoms with Gasteiger partial charge < -0.3 is 14.4 Å². The molecule has 1 saturated heterocycles. The van der Waals surface area contributed by atoms with E-state index < -0.39 is 6.04 Å². The summed E-state index contributed by atoms with van der Waals surface area (Å²) in [7, 11) is 1.57. The van der Waals surface area contributed by atoms with Crippen LogP contribution in [-0.4, -0.2) is 36.5 Å². The van der Waals surface area contributed by atoms with Crippen LogP contribution < -0.4 is 9.47 Å². The first-order valence-corrected chi connectivity index (χ1v) is 6.25. The minimum atomic E-state index is -0.459. The summed E-state index contributed by atoms with van der Waals surface area (Å²) in [6.07, 6.45) is 1.50. The number of carbonyl (C=O) groups excluding carboxylic acids is 2. The zero-order valence-electron chi connectivity index (χ0n) is 11.1. The number of hydrogen-bond donors (Lipinski definition) is 0. The number of nitrogens with zero attached hydrogens (tertiary/aromatic N) is 1. The number of rotatable bonds is 3. The van der Waals surface area contributed by atoms with Gasteiger partial charge >= 0.3 is 5.97 Å². The first-order chi connectivity index (χ1) is 9.11. The third kappa shape index (κ3) is 3.05. The van der Waals surface area contributed by atoms with Crippen LogP contribution in [0.2, 0.25) is 0 Å². The van der Waals surface area contributed by atoms with Crippen molar-refractivity contribution < 1.29 is 19.1 Å². The number of amides is 1. The average Bonchev–Trinajstić information content (AvgIpc) is 2.89. The Morgan fingerprint density at radius 3 is 2.42 bits per heavy atom. The summed E-state index contributed by atoms with van der Waals surface area (Å²) in [5.74, 6) is 0.694. The molecule has 102 valence electrons. The maximum absolute atomic E-state index is 12.0. The van der Waals surface area contributed by atoms with E-state index in [0.29, 0.717) is 24.5 Å². The Bertz CT molecular complexity index is 469. The van der Waals surface area contributed by atoms with Gasteiger partial charge in [0.05, 0.1) is 7.11 Å². The largest absolute Gasteiger partial charge is 0.497 e. The second kappa shape index (κ2) is 5.73. The molecule has 5 nitrogen and oxygen atoms in total. The molecule has 1 aromatic carbocycles. The van der Waals surface area contributed by atoms with Crippen LogP contribution in [0, 0.1) is 0 Å². The Hall–Kier alpha value is -2.04. The van der Waals surface area contributed by atoms with Gasteiger partial charge in [0.2, 0.25) is 5.91 Å². The molecule has 1 heterocycles. The fourth-order valence-electron chi connectivity index (χ4n) is 2.22. The number of carbonyl (C=O) groups is 2. The second-order valence-corrected chi connectivity index (χ2v) is 4.47. The molecule has 1 aromatic rings. The Kier molecular flexibility index (Phi) is 4.04. The molecule has 2 rings (SSSR count). The van der Waals surface area contributed by atoms with Gasteiger partial charge in [-0.3, -0.25) is 4.79 Å². The Morgan fingerprint density at radius 1 is 1.21 bits per heavy atom. The van der Waals surface area contributed by atoms with Crippen LogP contribution in [0.25, 0.3) is 0 Å². The third-order valence-electron chi connectivity index (χ3n) is 3.21. The van der Waals surface area contributed by atoms with Crippen LogP contribution in [0.3, 0.4) is 0 Å². The molecule has 0 aliphatic carbocycles. The lowest BCUT2D eigenvalue weighted by molar-refractivity contribution is -0.145. The minimum Gasteiger partial charge on any atom is -0.497 e. The van der Waals surface area contributed by atoms with Gasteiger partial charge in [-0.2, -0.15) is 0 Å². The van der Waals surface area contributed by atoms with Crippen molar-refractivity contribution >= 4 is 11.9 Å². The first-order valence-electron chi connectivity index (χ1n) is 6.25. The number of benzene rings is 1. The molecule has 0 saturated carbocycles. The molecule has 1 fully saturated rings. The predicted molar refractivity (Wildman–Crippen MR) is 69.0 cm³/mol. The molecule has 0 radical (unpaired) electrons. The van der Waals surface area contributed by atoms with Crippen LogP contribution in [0.1, 0.15) is 19.8 Å². The van der Waals surface area contributed by atoms with Crippen molar-refractivity contribution in [2.75, 3.05) is 13.7 Å². The van der Waals surface area contributed by atoms with Gasteiger partial charge in [0, 0.05) is 13.5 Å². The molecule has 19 heavy (non-hydrogen) atoms. The second-order valence-electron chi connectivity index (χ2n) is 4.47. The minimum absolute atomic E-state index is 0.0887. The highest BCUT2D eigenvalue weighted by Crippen LogP contribution is 2.22. The number of esters is 1. The van der Waals surface area contributed by atoms with E-state index in [4.69, 9.17) is 9.47 Å². The summed E-state index contributed by atoms with van der Waals surface area (Å²) in [6, 6.07) is 6.33. The van der Waals surface area contributed by atoms with Crippen molar-refractivity contribution in [3.05, 3.63) is 24.3 Å². The topological polar surface area (TPSA) is 55.8 Å². The Morgan fingerprint density at radius 2 is 1.84 bits per heavy atom. The molecule has 0 spiro atoms. The molecule has 1 atom stereocenters. The highest BCUT2D eigenvalue weighted by Gasteiger charge is 2.33. The molecule has 0 bridgehead atoms. The lowest BCUT2D eigenvalue weighted by Crippen LogP contribution is -2.41. The van der Waals surface area contributed by atoms with E-state index >= 15 is 0 Å². The summed E-state index contributed by atoms with van der Waals surface area (Å²) in [5.41, 5.74) is 0. The van der Waals surface area contributed by atoms with Gasteiger partial charge in [0.1, 0.15) is 17.5 Å². The summed E-state index contributed by atoms with van der Waals surface area (Å²) in [5, 5.41) is 0. The Balaban J connectivity index is 2.01. The van der Waals surface area contributed by atoms with E-state index in [1.165, 1.54) is 6.92 Å². The zero-order chi connectivity index (χ0) is 13.8. The van der Waals surface area contributed by atoms with Gasteiger partial charge in [-0.25, -0.2) is 4.79 Å². The summed E-state index contributed by atoms with van der Waals surface area (Å²) < 4.78 is 10.3. The van der Waals surface area contributed by atoms with Crippen LogP contribution in [0.5, 0.6) is 11.5 Å².